The molecule has 1 heterocycles. The third-order valence-electron chi connectivity index (χ3n) is 3.14. The summed E-state index contributed by atoms with van der Waals surface area (Å²) in [5.74, 6) is 1.50. The summed E-state index contributed by atoms with van der Waals surface area (Å²) >= 11 is 6.11. The van der Waals surface area contributed by atoms with Gasteiger partial charge in [-0.3, -0.25) is 0 Å². The first kappa shape index (κ1) is 11.7. The van der Waals surface area contributed by atoms with Crippen LogP contribution in [0.4, 0.5) is 0 Å². The van der Waals surface area contributed by atoms with Crippen LogP contribution in [0.2, 0.25) is 5.02 Å². The van der Waals surface area contributed by atoms with E-state index in [1.165, 1.54) is 24.9 Å². The van der Waals surface area contributed by atoms with Gasteiger partial charge in [0.25, 0.3) is 0 Å². The zero-order valence-corrected chi connectivity index (χ0v) is 10.4. The second kappa shape index (κ2) is 5.55. The number of hydrogen-bond acceptors (Lipinski definition) is 2. The number of halogens is 1. The summed E-state index contributed by atoms with van der Waals surface area (Å²) in [6.45, 7) is 2.30. The second-order valence-electron chi connectivity index (χ2n) is 4.39. The summed E-state index contributed by atoms with van der Waals surface area (Å²) in [4.78, 5) is 0. The molecule has 1 aromatic carbocycles. The lowest BCUT2D eigenvalue weighted by atomic mass is 9.92. The highest BCUT2D eigenvalue weighted by molar-refractivity contribution is 6.32. The SMILES string of the molecule is COc1ccc(CC2CCCNC2)cc1Cl. The van der Waals surface area contributed by atoms with E-state index in [2.05, 4.69) is 11.4 Å². The van der Waals surface area contributed by atoms with Crippen LogP contribution in [-0.4, -0.2) is 20.2 Å². The fourth-order valence-corrected chi connectivity index (χ4v) is 2.55. The van der Waals surface area contributed by atoms with Crippen LogP contribution in [0.15, 0.2) is 18.2 Å². The Morgan fingerprint density at radius 2 is 2.38 bits per heavy atom. The molecule has 16 heavy (non-hydrogen) atoms. The number of hydrogen-bond donors (Lipinski definition) is 1. The molecule has 0 radical (unpaired) electrons. The Labute approximate surface area is 102 Å². The average Bonchev–Trinajstić information content (AvgIpc) is 2.31. The molecule has 0 spiro atoms. The van der Waals surface area contributed by atoms with Crippen LogP contribution in [0.25, 0.3) is 0 Å². The monoisotopic (exact) mass is 239 g/mol. The number of benzene rings is 1. The van der Waals surface area contributed by atoms with E-state index in [0.717, 1.165) is 24.6 Å². The lowest BCUT2D eigenvalue weighted by molar-refractivity contribution is 0.375. The Balaban J connectivity index is 2.01. The van der Waals surface area contributed by atoms with Gasteiger partial charge in [-0.15, -0.1) is 0 Å². The molecule has 2 rings (SSSR count). The Morgan fingerprint density at radius 1 is 1.50 bits per heavy atom. The molecule has 1 N–H and O–H groups in total. The number of methoxy groups -OCH3 is 1. The van der Waals surface area contributed by atoms with Crippen molar-refractivity contribution in [3.63, 3.8) is 0 Å². The van der Waals surface area contributed by atoms with Crippen LogP contribution in [0.1, 0.15) is 18.4 Å². The second-order valence-corrected chi connectivity index (χ2v) is 4.79. The van der Waals surface area contributed by atoms with Gasteiger partial charge in [-0.2, -0.15) is 0 Å². The molecule has 0 aliphatic carbocycles. The van der Waals surface area contributed by atoms with E-state index in [0.29, 0.717) is 5.02 Å². The molecule has 0 aromatic heterocycles. The molecule has 1 aromatic rings. The molecular weight excluding hydrogens is 222 g/mol. The molecular formula is C13H18ClNO. The van der Waals surface area contributed by atoms with E-state index in [1.54, 1.807) is 7.11 Å². The molecule has 1 unspecified atom stereocenters. The van der Waals surface area contributed by atoms with Crippen LogP contribution < -0.4 is 10.1 Å². The lowest BCUT2D eigenvalue weighted by Crippen LogP contribution is -2.30. The lowest BCUT2D eigenvalue weighted by Gasteiger charge is -2.22. The highest BCUT2D eigenvalue weighted by Crippen LogP contribution is 2.26. The first-order valence-corrected chi connectivity index (χ1v) is 6.20. The number of rotatable bonds is 3. The van der Waals surface area contributed by atoms with Gasteiger partial charge in [0.1, 0.15) is 5.75 Å². The van der Waals surface area contributed by atoms with Crippen LogP contribution in [0.5, 0.6) is 5.75 Å². The first-order chi connectivity index (χ1) is 7.79. The van der Waals surface area contributed by atoms with E-state index in [-0.39, 0.29) is 0 Å². The van der Waals surface area contributed by atoms with E-state index in [4.69, 9.17) is 16.3 Å². The molecule has 0 amide bonds. The minimum atomic E-state index is 0.712. The van der Waals surface area contributed by atoms with Crippen molar-refractivity contribution in [2.24, 2.45) is 5.92 Å². The quantitative estimate of drug-likeness (QED) is 0.876. The minimum absolute atomic E-state index is 0.712. The maximum Gasteiger partial charge on any atom is 0.137 e. The number of piperidine rings is 1. The van der Waals surface area contributed by atoms with Crippen LogP contribution in [0, 0.1) is 5.92 Å². The summed E-state index contributed by atoms with van der Waals surface area (Å²) in [6.07, 6.45) is 3.71. The van der Waals surface area contributed by atoms with Gasteiger partial charge in [-0.05, 0) is 56.0 Å². The molecule has 0 bridgehead atoms. The molecule has 3 heteroatoms. The van der Waals surface area contributed by atoms with Crippen molar-refractivity contribution >= 4 is 11.6 Å². The largest absolute Gasteiger partial charge is 0.495 e. The Morgan fingerprint density at radius 3 is 3.00 bits per heavy atom. The van der Waals surface area contributed by atoms with Crippen molar-refractivity contribution in [1.29, 1.82) is 0 Å². The van der Waals surface area contributed by atoms with Crippen molar-refractivity contribution < 1.29 is 4.74 Å². The fraction of sp³-hybridized carbons (Fsp3) is 0.538. The molecule has 88 valence electrons. The van der Waals surface area contributed by atoms with Crippen molar-refractivity contribution in [2.75, 3.05) is 20.2 Å². The molecule has 0 saturated carbocycles. The Bertz CT molecular complexity index is 348. The zero-order valence-electron chi connectivity index (χ0n) is 9.63. The highest BCUT2D eigenvalue weighted by atomic mass is 35.5. The maximum atomic E-state index is 6.11. The van der Waals surface area contributed by atoms with Gasteiger partial charge >= 0.3 is 0 Å². The predicted octanol–water partition coefficient (Wildman–Crippen LogP) is 2.89. The van der Waals surface area contributed by atoms with E-state index >= 15 is 0 Å². The Hall–Kier alpha value is -0.730. The minimum Gasteiger partial charge on any atom is -0.495 e. The molecule has 1 fully saturated rings. The van der Waals surface area contributed by atoms with Crippen LogP contribution in [0.3, 0.4) is 0 Å². The summed E-state index contributed by atoms with van der Waals surface area (Å²) in [5.41, 5.74) is 1.31. The highest BCUT2D eigenvalue weighted by Gasteiger charge is 2.14. The molecule has 1 aliphatic rings. The van der Waals surface area contributed by atoms with E-state index < -0.39 is 0 Å². The number of nitrogens with one attached hydrogen (secondary N) is 1. The van der Waals surface area contributed by atoms with Gasteiger partial charge < -0.3 is 10.1 Å². The van der Waals surface area contributed by atoms with Crippen molar-refractivity contribution in [1.82, 2.24) is 5.32 Å². The van der Waals surface area contributed by atoms with Gasteiger partial charge in [0, 0.05) is 0 Å². The van der Waals surface area contributed by atoms with Crippen LogP contribution >= 0.6 is 11.6 Å². The molecule has 1 saturated heterocycles. The maximum absolute atomic E-state index is 6.11. The first-order valence-electron chi connectivity index (χ1n) is 5.82. The van der Waals surface area contributed by atoms with Gasteiger partial charge in [-0.25, -0.2) is 0 Å². The van der Waals surface area contributed by atoms with Crippen molar-refractivity contribution in [3.05, 3.63) is 28.8 Å². The summed E-state index contributed by atoms with van der Waals surface area (Å²) in [6, 6.07) is 6.09. The molecule has 2 nitrogen and oxygen atoms in total. The summed E-state index contributed by atoms with van der Waals surface area (Å²) in [7, 11) is 1.64. The van der Waals surface area contributed by atoms with Gasteiger partial charge in [0.15, 0.2) is 0 Å². The van der Waals surface area contributed by atoms with Gasteiger partial charge in [-0.1, -0.05) is 17.7 Å². The van der Waals surface area contributed by atoms with Gasteiger partial charge in [0.05, 0.1) is 12.1 Å². The Kier molecular flexibility index (Phi) is 4.08. The molecule has 1 atom stereocenters. The summed E-state index contributed by atoms with van der Waals surface area (Å²) < 4.78 is 5.15. The standard InChI is InChI=1S/C13H18ClNO/c1-16-13-5-4-10(8-12(13)14)7-11-3-2-6-15-9-11/h4-5,8,11,15H,2-3,6-7,9H2,1H3. The third-order valence-corrected chi connectivity index (χ3v) is 3.43. The third kappa shape index (κ3) is 2.89. The predicted molar refractivity (Wildman–Crippen MR) is 67.3 cm³/mol. The van der Waals surface area contributed by atoms with Crippen molar-refractivity contribution in [3.8, 4) is 5.75 Å². The average molecular weight is 240 g/mol. The normalized spacial score (nSPS) is 20.8. The van der Waals surface area contributed by atoms with E-state index in [9.17, 15) is 0 Å². The fourth-order valence-electron chi connectivity index (χ4n) is 2.27. The van der Waals surface area contributed by atoms with E-state index in [1.807, 2.05) is 12.1 Å². The van der Waals surface area contributed by atoms with Crippen molar-refractivity contribution in [2.45, 2.75) is 19.3 Å². The van der Waals surface area contributed by atoms with Crippen LogP contribution in [-0.2, 0) is 6.42 Å². The topological polar surface area (TPSA) is 21.3 Å². The van der Waals surface area contributed by atoms with Gasteiger partial charge in [0.2, 0.25) is 0 Å². The zero-order chi connectivity index (χ0) is 11.4. The number of ether oxygens (including phenoxy) is 1. The smallest absolute Gasteiger partial charge is 0.137 e. The molecule has 1 aliphatic heterocycles. The summed E-state index contributed by atoms with van der Waals surface area (Å²) in [5, 5.41) is 4.15.